The first-order valence-electron chi connectivity index (χ1n) is 5.96. The Morgan fingerprint density at radius 1 is 1.47 bits per heavy atom. The van der Waals surface area contributed by atoms with Crippen LogP contribution < -0.4 is 5.32 Å². The molecule has 0 aliphatic carbocycles. The largest absolute Gasteiger partial charge is 0.475 e. The van der Waals surface area contributed by atoms with Gasteiger partial charge in [-0.15, -0.1) is 0 Å². The molecule has 0 bridgehead atoms. The second-order valence-corrected chi connectivity index (χ2v) is 5.87. The molecule has 2 aliphatic heterocycles. The lowest BCUT2D eigenvalue weighted by Crippen LogP contribution is -2.24. The smallest absolute Gasteiger partial charge is 0.188 e. The standard InChI is InChI=1S/C12H22N2O/c1-12(2,3)6-10-8-14-11(15-10)9-4-5-13-7-9/h9-10,13H,4-8H2,1-3H3. The summed E-state index contributed by atoms with van der Waals surface area (Å²) in [7, 11) is 0. The summed E-state index contributed by atoms with van der Waals surface area (Å²) in [6, 6.07) is 0. The molecule has 3 nitrogen and oxygen atoms in total. The van der Waals surface area contributed by atoms with E-state index in [0.29, 0.717) is 17.4 Å². The quantitative estimate of drug-likeness (QED) is 0.754. The zero-order valence-electron chi connectivity index (χ0n) is 10.0. The molecule has 1 fully saturated rings. The average molecular weight is 210 g/mol. The number of hydrogen-bond donors (Lipinski definition) is 1. The topological polar surface area (TPSA) is 33.6 Å². The fourth-order valence-corrected chi connectivity index (χ4v) is 2.32. The number of aliphatic imine (C=N–C) groups is 1. The van der Waals surface area contributed by atoms with E-state index in [2.05, 4.69) is 31.1 Å². The second kappa shape index (κ2) is 4.12. The molecule has 2 atom stereocenters. The summed E-state index contributed by atoms with van der Waals surface area (Å²) < 4.78 is 5.93. The predicted octanol–water partition coefficient (Wildman–Crippen LogP) is 1.83. The van der Waals surface area contributed by atoms with Crippen molar-refractivity contribution in [3.63, 3.8) is 0 Å². The van der Waals surface area contributed by atoms with Crippen molar-refractivity contribution in [2.45, 2.75) is 39.7 Å². The van der Waals surface area contributed by atoms with E-state index >= 15 is 0 Å². The number of hydrogen-bond acceptors (Lipinski definition) is 3. The lowest BCUT2D eigenvalue weighted by molar-refractivity contribution is 0.153. The van der Waals surface area contributed by atoms with Crippen LogP contribution in [-0.2, 0) is 4.74 Å². The molecule has 2 aliphatic rings. The van der Waals surface area contributed by atoms with Gasteiger partial charge < -0.3 is 10.1 Å². The SMILES string of the molecule is CC(C)(C)CC1CN=C(C2CCNC2)O1. The Bertz CT molecular complexity index is 249. The van der Waals surface area contributed by atoms with Crippen LogP contribution in [-0.4, -0.2) is 31.6 Å². The van der Waals surface area contributed by atoms with Gasteiger partial charge in [0.05, 0.1) is 6.54 Å². The Morgan fingerprint density at radius 3 is 2.87 bits per heavy atom. The molecule has 1 saturated heterocycles. The number of rotatable bonds is 2. The summed E-state index contributed by atoms with van der Waals surface area (Å²) in [5, 5.41) is 3.35. The van der Waals surface area contributed by atoms with Gasteiger partial charge in [0.15, 0.2) is 5.90 Å². The molecule has 0 radical (unpaired) electrons. The van der Waals surface area contributed by atoms with Gasteiger partial charge in [0.1, 0.15) is 6.10 Å². The van der Waals surface area contributed by atoms with Crippen molar-refractivity contribution >= 4 is 5.90 Å². The summed E-state index contributed by atoms with van der Waals surface area (Å²) in [6.07, 6.45) is 2.60. The number of nitrogens with zero attached hydrogens (tertiary/aromatic N) is 1. The normalized spacial score (nSPS) is 31.5. The Labute approximate surface area is 92.3 Å². The van der Waals surface area contributed by atoms with Crippen molar-refractivity contribution in [2.75, 3.05) is 19.6 Å². The highest BCUT2D eigenvalue weighted by Crippen LogP contribution is 2.26. The molecular formula is C12H22N2O. The van der Waals surface area contributed by atoms with Crippen LogP contribution >= 0.6 is 0 Å². The van der Waals surface area contributed by atoms with Crippen LogP contribution in [0.2, 0.25) is 0 Å². The van der Waals surface area contributed by atoms with Gasteiger partial charge in [0.25, 0.3) is 0 Å². The lowest BCUT2D eigenvalue weighted by Gasteiger charge is -2.23. The van der Waals surface area contributed by atoms with E-state index in [0.717, 1.165) is 32.0 Å². The van der Waals surface area contributed by atoms with Gasteiger partial charge in [-0.2, -0.15) is 0 Å². The maximum Gasteiger partial charge on any atom is 0.188 e. The molecule has 2 rings (SSSR count). The Kier molecular flexibility index (Phi) is 3.01. The van der Waals surface area contributed by atoms with Crippen molar-refractivity contribution in [1.82, 2.24) is 5.32 Å². The van der Waals surface area contributed by atoms with Gasteiger partial charge >= 0.3 is 0 Å². The zero-order chi connectivity index (χ0) is 10.9. The van der Waals surface area contributed by atoms with Crippen LogP contribution in [0.3, 0.4) is 0 Å². The monoisotopic (exact) mass is 210 g/mol. The molecule has 0 spiro atoms. The molecule has 3 heteroatoms. The van der Waals surface area contributed by atoms with Crippen LogP contribution in [0.25, 0.3) is 0 Å². The number of nitrogens with one attached hydrogen (secondary N) is 1. The van der Waals surface area contributed by atoms with Gasteiger partial charge in [-0.1, -0.05) is 20.8 Å². The molecule has 0 aromatic rings. The minimum Gasteiger partial charge on any atom is -0.475 e. The van der Waals surface area contributed by atoms with Crippen molar-refractivity contribution < 1.29 is 4.74 Å². The minimum absolute atomic E-state index is 0.320. The molecule has 86 valence electrons. The Hall–Kier alpha value is -0.570. The third-order valence-corrected chi connectivity index (χ3v) is 2.99. The first kappa shape index (κ1) is 10.9. The second-order valence-electron chi connectivity index (χ2n) is 5.87. The van der Waals surface area contributed by atoms with Crippen LogP contribution in [0.5, 0.6) is 0 Å². The van der Waals surface area contributed by atoms with Crippen LogP contribution in [0, 0.1) is 11.3 Å². The molecule has 1 N–H and O–H groups in total. The Balaban J connectivity index is 1.82. The van der Waals surface area contributed by atoms with E-state index in [-0.39, 0.29) is 0 Å². The number of ether oxygens (including phenoxy) is 1. The van der Waals surface area contributed by atoms with Crippen molar-refractivity contribution in [2.24, 2.45) is 16.3 Å². The minimum atomic E-state index is 0.320. The van der Waals surface area contributed by atoms with Gasteiger partial charge in [0, 0.05) is 12.5 Å². The summed E-state index contributed by atoms with van der Waals surface area (Å²) in [5.74, 6) is 1.55. The lowest BCUT2D eigenvalue weighted by atomic mass is 9.89. The van der Waals surface area contributed by atoms with Crippen molar-refractivity contribution in [1.29, 1.82) is 0 Å². The third kappa shape index (κ3) is 2.94. The molecule has 15 heavy (non-hydrogen) atoms. The predicted molar refractivity (Wildman–Crippen MR) is 62.2 cm³/mol. The van der Waals surface area contributed by atoms with E-state index in [9.17, 15) is 0 Å². The van der Waals surface area contributed by atoms with E-state index in [4.69, 9.17) is 4.74 Å². The van der Waals surface area contributed by atoms with E-state index in [1.807, 2.05) is 0 Å². The van der Waals surface area contributed by atoms with E-state index < -0.39 is 0 Å². The Morgan fingerprint density at radius 2 is 2.27 bits per heavy atom. The molecule has 0 aromatic heterocycles. The highest BCUT2D eigenvalue weighted by Gasteiger charge is 2.30. The van der Waals surface area contributed by atoms with E-state index in [1.54, 1.807) is 0 Å². The zero-order valence-corrected chi connectivity index (χ0v) is 10.0. The molecule has 0 amide bonds. The van der Waals surface area contributed by atoms with Gasteiger partial charge in [-0.3, -0.25) is 4.99 Å². The first-order valence-corrected chi connectivity index (χ1v) is 5.96. The van der Waals surface area contributed by atoms with Crippen LogP contribution in [0.15, 0.2) is 4.99 Å². The summed E-state index contributed by atoms with van der Waals surface area (Å²) in [4.78, 5) is 4.54. The van der Waals surface area contributed by atoms with Crippen LogP contribution in [0.4, 0.5) is 0 Å². The van der Waals surface area contributed by atoms with Gasteiger partial charge in [-0.25, -0.2) is 0 Å². The van der Waals surface area contributed by atoms with Crippen molar-refractivity contribution in [3.05, 3.63) is 0 Å². The van der Waals surface area contributed by atoms with Crippen LogP contribution in [0.1, 0.15) is 33.6 Å². The fraction of sp³-hybridized carbons (Fsp3) is 0.917. The maximum atomic E-state index is 5.93. The van der Waals surface area contributed by atoms with E-state index in [1.165, 1.54) is 6.42 Å². The molecular weight excluding hydrogens is 188 g/mol. The highest BCUT2D eigenvalue weighted by atomic mass is 16.5. The van der Waals surface area contributed by atoms with Gasteiger partial charge in [-0.05, 0) is 24.8 Å². The van der Waals surface area contributed by atoms with Crippen molar-refractivity contribution in [3.8, 4) is 0 Å². The highest BCUT2D eigenvalue weighted by molar-refractivity contribution is 5.80. The third-order valence-electron chi connectivity index (χ3n) is 2.99. The molecule has 2 heterocycles. The summed E-state index contributed by atoms with van der Waals surface area (Å²) in [5.41, 5.74) is 0.337. The molecule has 2 unspecified atom stereocenters. The van der Waals surface area contributed by atoms with Gasteiger partial charge in [0.2, 0.25) is 0 Å². The first-order chi connectivity index (χ1) is 7.04. The summed E-state index contributed by atoms with van der Waals surface area (Å²) in [6.45, 7) is 9.78. The molecule has 0 aromatic carbocycles. The fourth-order valence-electron chi connectivity index (χ4n) is 2.32. The summed E-state index contributed by atoms with van der Waals surface area (Å²) >= 11 is 0. The average Bonchev–Trinajstić information content (AvgIpc) is 2.68. The molecule has 0 saturated carbocycles. The maximum absolute atomic E-state index is 5.93.